The van der Waals surface area contributed by atoms with Gasteiger partial charge >= 0.3 is 0 Å². The molecule has 2 amide bonds. The predicted octanol–water partition coefficient (Wildman–Crippen LogP) is 1.98. The SMILES string of the molecule is CCCc1ncc(C(=O)N2CCCC2C(=O)NC2CC2)s1. The molecular formula is C15H21N3O2S. The first kappa shape index (κ1) is 14.5. The van der Waals surface area contributed by atoms with Crippen molar-refractivity contribution in [2.75, 3.05) is 6.54 Å². The Labute approximate surface area is 128 Å². The first-order valence-corrected chi connectivity index (χ1v) is 8.56. The number of carbonyl (C=O) groups is 2. The van der Waals surface area contributed by atoms with E-state index in [9.17, 15) is 9.59 Å². The Kier molecular flexibility index (Phi) is 4.24. The average Bonchev–Trinajstić information content (AvgIpc) is 2.98. The molecule has 6 heteroatoms. The molecule has 1 unspecified atom stereocenters. The Morgan fingerprint density at radius 3 is 2.95 bits per heavy atom. The second-order valence-corrected chi connectivity index (χ2v) is 6.92. The summed E-state index contributed by atoms with van der Waals surface area (Å²) in [5.74, 6) is -0.0232. The van der Waals surface area contributed by atoms with Gasteiger partial charge in [0.05, 0.1) is 11.2 Å². The molecule has 2 heterocycles. The third kappa shape index (κ3) is 3.26. The van der Waals surface area contributed by atoms with Crippen LogP contribution in [0.1, 0.15) is 53.7 Å². The first-order valence-electron chi connectivity index (χ1n) is 7.75. The largest absolute Gasteiger partial charge is 0.352 e. The van der Waals surface area contributed by atoms with Crippen molar-refractivity contribution in [3.63, 3.8) is 0 Å². The maximum atomic E-state index is 12.6. The van der Waals surface area contributed by atoms with Crippen molar-refractivity contribution < 1.29 is 9.59 Å². The Bertz CT molecular complexity index is 539. The molecule has 1 N–H and O–H groups in total. The van der Waals surface area contributed by atoms with E-state index >= 15 is 0 Å². The third-order valence-electron chi connectivity index (χ3n) is 3.97. The summed E-state index contributed by atoms with van der Waals surface area (Å²) in [6, 6.07) is 0.0458. The van der Waals surface area contributed by atoms with E-state index in [0.717, 1.165) is 43.5 Å². The maximum Gasteiger partial charge on any atom is 0.266 e. The molecule has 5 nitrogen and oxygen atoms in total. The fraction of sp³-hybridized carbons (Fsp3) is 0.667. The van der Waals surface area contributed by atoms with Gasteiger partial charge in [0.2, 0.25) is 5.91 Å². The molecule has 1 aliphatic heterocycles. The molecule has 0 bridgehead atoms. The van der Waals surface area contributed by atoms with Gasteiger partial charge in [0.1, 0.15) is 10.9 Å². The molecule has 1 atom stereocenters. The molecule has 2 aliphatic rings. The summed E-state index contributed by atoms with van der Waals surface area (Å²) in [7, 11) is 0. The van der Waals surface area contributed by atoms with Crippen molar-refractivity contribution in [1.29, 1.82) is 0 Å². The Balaban J connectivity index is 1.67. The Morgan fingerprint density at radius 1 is 1.43 bits per heavy atom. The highest BCUT2D eigenvalue weighted by Gasteiger charge is 2.37. The Morgan fingerprint density at radius 2 is 2.24 bits per heavy atom. The zero-order valence-electron chi connectivity index (χ0n) is 12.3. The van der Waals surface area contributed by atoms with Crippen molar-refractivity contribution in [3.05, 3.63) is 16.1 Å². The molecule has 3 rings (SSSR count). The number of aromatic nitrogens is 1. The van der Waals surface area contributed by atoms with Crippen LogP contribution in [0.15, 0.2) is 6.20 Å². The van der Waals surface area contributed by atoms with Crippen molar-refractivity contribution in [3.8, 4) is 0 Å². The average molecular weight is 307 g/mol. The summed E-state index contributed by atoms with van der Waals surface area (Å²) in [6.07, 6.45) is 7.40. The molecule has 1 aromatic heterocycles. The summed E-state index contributed by atoms with van der Waals surface area (Å²) < 4.78 is 0. The minimum absolute atomic E-state index is 0.0154. The van der Waals surface area contributed by atoms with Crippen LogP contribution in [-0.2, 0) is 11.2 Å². The van der Waals surface area contributed by atoms with E-state index in [2.05, 4.69) is 17.2 Å². The van der Waals surface area contributed by atoms with Gasteiger partial charge in [-0.1, -0.05) is 6.92 Å². The second-order valence-electron chi connectivity index (χ2n) is 5.81. The van der Waals surface area contributed by atoms with Gasteiger partial charge in [-0.15, -0.1) is 11.3 Å². The summed E-state index contributed by atoms with van der Waals surface area (Å²) in [5, 5.41) is 4.01. The molecule has 114 valence electrons. The summed E-state index contributed by atoms with van der Waals surface area (Å²) >= 11 is 1.46. The number of likely N-dealkylation sites (tertiary alicyclic amines) is 1. The summed E-state index contributed by atoms with van der Waals surface area (Å²) in [4.78, 5) is 31.5. The number of nitrogens with zero attached hydrogens (tertiary/aromatic N) is 2. The lowest BCUT2D eigenvalue weighted by Gasteiger charge is -2.23. The standard InChI is InChI=1S/C15H21N3O2S/c1-2-4-13-16-9-12(21-13)15(20)18-8-3-5-11(18)14(19)17-10-6-7-10/h9-11H,2-8H2,1H3,(H,17,19). The minimum atomic E-state index is -0.296. The highest BCUT2D eigenvalue weighted by molar-refractivity contribution is 7.13. The maximum absolute atomic E-state index is 12.6. The molecule has 1 saturated carbocycles. The molecule has 0 aromatic carbocycles. The van der Waals surface area contributed by atoms with Crippen molar-refractivity contribution in [2.24, 2.45) is 0 Å². The summed E-state index contributed by atoms with van der Waals surface area (Å²) in [6.45, 7) is 2.77. The van der Waals surface area contributed by atoms with E-state index in [4.69, 9.17) is 0 Å². The lowest BCUT2D eigenvalue weighted by Crippen LogP contribution is -2.46. The van der Waals surface area contributed by atoms with Crippen LogP contribution >= 0.6 is 11.3 Å². The fourth-order valence-corrected chi connectivity index (χ4v) is 3.66. The molecular weight excluding hydrogens is 286 g/mol. The third-order valence-corrected chi connectivity index (χ3v) is 5.01. The molecule has 1 aliphatic carbocycles. The highest BCUT2D eigenvalue weighted by atomic mass is 32.1. The normalized spacial score (nSPS) is 21.6. The topological polar surface area (TPSA) is 62.3 Å². The van der Waals surface area contributed by atoms with Gasteiger partial charge in [0.15, 0.2) is 0 Å². The highest BCUT2D eigenvalue weighted by Crippen LogP contribution is 2.25. The number of amides is 2. The molecule has 1 saturated heterocycles. The quantitative estimate of drug-likeness (QED) is 0.905. The van der Waals surface area contributed by atoms with Gasteiger partial charge in [0.25, 0.3) is 5.91 Å². The monoisotopic (exact) mass is 307 g/mol. The number of hydrogen-bond donors (Lipinski definition) is 1. The number of aryl methyl sites for hydroxylation is 1. The van der Waals surface area contributed by atoms with Crippen LogP contribution in [0.25, 0.3) is 0 Å². The zero-order valence-corrected chi connectivity index (χ0v) is 13.1. The van der Waals surface area contributed by atoms with E-state index in [1.54, 1.807) is 11.1 Å². The van der Waals surface area contributed by atoms with Crippen molar-refractivity contribution in [1.82, 2.24) is 15.2 Å². The van der Waals surface area contributed by atoms with Crippen LogP contribution in [0, 0.1) is 0 Å². The molecule has 2 fully saturated rings. The van der Waals surface area contributed by atoms with Gasteiger partial charge < -0.3 is 10.2 Å². The van der Waals surface area contributed by atoms with Gasteiger partial charge in [-0.2, -0.15) is 0 Å². The summed E-state index contributed by atoms with van der Waals surface area (Å²) in [5.41, 5.74) is 0. The van der Waals surface area contributed by atoms with E-state index in [0.29, 0.717) is 17.5 Å². The van der Waals surface area contributed by atoms with E-state index < -0.39 is 0 Å². The molecule has 21 heavy (non-hydrogen) atoms. The van der Waals surface area contributed by atoms with Crippen LogP contribution in [0.5, 0.6) is 0 Å². The number of rotatable bonds is 5. The first-order chi connectivity index (χ1) is 10.2. The van der Waals surface area contributed by atoms with Crippen molar-refractivity contribution in [2.45, 2.75) is 57.5 Å². The van der Waals surface area contributed by atoms with Gasteiger partial charge in [0, 0.05) is 12.6 Å². The Hall–Kier alpha value is -1.43. The van der Waals surface area contributed by atoms with Crippen LogP contribution < -0.4 is 5.32 Å². The van der Waals surface area contributed by atoms with Crippen LogP contribution in [-0.4, -0.2) is 40.3 Å². The van der Waals surface area contributed by atoms with Crippen LogP contribution in [0.4, 0.5) is 0 Å². The van der Waals surface area contributed by atoms with Gasteiger partial charge in [-0.3, -0.25) is 9.59 Å². The second kappa shape index (κ2) is 6.13. The van der Waals surface area contributed by atoms with Crippen molar-refractivity contribution >= 4 is 23.2 Å². The lowest BCUT2D eigenvalue weighted by molar-refractivity contribution is -0.125. The lowest BCUT2D eigenvalue weighted by atomic mass is 10.2. The van der Waals surface area contributed by atoms with E-state index in [1.165, 1.54) is 11.3 Å². The number of hydrogen-bond acceptors (Lipinski definition) is 4. The number of carbonyl (C=O) groups excluding carboxylic acids is 2. The predicted molar refractivity (Wildman–Crippen MR) is 81.3 cm³/mol. The fourth-order valence-electron chi connectivity index (χ4n) is 2.69. The number of thiazole rings is 1. The van der Waals surface area contributed by atoms with Gasteiger partial charge in [-0.05, 0) is 38.5 Å². The van der Waals surface area contributed by atoms with E-state index in [1.807, 2.05) is 0 Å². The van der Waals surface area contributed by atoms with Gasteiger partial charge in [-0.25, -0.2) is 4.98 Å². The molecule has 1 aromatic rings. The van der Waals surface area contributed by atoms with Crippen LogP contribution in [0.3, 0.4) is 0 Å². The van der Waals surface area contributed by atoms with E-state index in [-0.39, 0.29) is 17.9 Å². The zero-order chi connectivity index (χ0) is 14.8. The van der Waals surface area contributed by atoms with Crippen LogP contribution in [0.2, 0.25) is 0 Å². The number of nitrogens with one attached hydrogen (secondary N) is 1. The minimum Gasteiger partial charge on any atom is -0.352 e. The molecule has 0 spiro atoms. The smallest absolute Gasteiger partial charge is 0.266 e. The molecule has 0 radical (unpaired) electrons.